The number of ether oxygens (including phenoxy) is 2. The number of aromatic nitrogens is 2. The zero-order valence-electron chi connectivity index (χ0n) is 12.9. The molecule has 0 saturated heterocycles. The summed E-state index contributed by atoms with van der Waals surface area (Å²) in [6.45, 7) is 0.549. The molecule has 4 aromatic rings. The van der Waals surface area contributed by atoms with Crippen molar-refractivity contribution in [1.29, 1.82) is 0 Å². The molecule has 25 heavy (non-hydrogen) atoms. The van der Waals surface area contributed by atoms with Crippen molar-refractivity contribution in [2.75, 3.05) is 6.79 Å². The molecule has 0 spiro atoms. The van der Waals surface area contributed by atoms with E-state index in [2.05, 4.69) is 20.9 Å². The van der Waals surface area contributed by atoms with E-state index in [9.17, 15) is 4.79 Å². The van der Waals surface area contributed by atoms with Gasteiger partial charge in [-0.25, -0.2) is 4.98 Å². The van der Waals surface area contributed by atoms with Gasteiger partial charge in [-0.15, -0.1) is 0 Å². The third-order valence-electron chi connectivity index (χ3n) is 4.23. The molecule has 0 fully saturated rings. The van der Waals surface area contributed by atoms with Crippen LogP contribution in [0.2, 0.25) is 0 Å². The molecule has 3 heterocycles. The average molecular weight is 399 g/mol. The highest BCUT2D eigenvalue weighted by atomic mass is 79.9. The van der Waals surface area contributed by atoms with Crippen LogP contribution in [0.4, 0.5) is 0 Å². The summed E-state index contributed by atoms with van der Waals surface area (Å²) >= 11 is 3.52. The minimum atomic E-state index is -0.217. The van der Waals surface area contributed by atoms with Crippen LogP contribution in [0, 0.1) is 0 Å². The lowest BCUT2D eigenvalue weighted by molar-refractivity contribution is 0.174. The second kappa shape index (κ2) is 5.35. The topological polar surface area (TPSA) is 66.5 Å². The van der Waals surface area contributed by atoms with Crippen LogP contribution in [-0.4, -0.2) is 16.3 Å². The lowest BCUT2D eigenvalue weighted by Gasteiger charge is -2.08. The first-order valence-corrected chi connectivity index (χ1v) is 8.45. The first kappa shape index (κ1) is 14.5. The van der Waals surface area contributed by atoms with Gasteiger partial charge in [0.1, 0.15) is 11.1 Å². The third-order valence-corrected chi connectivity index (χ3v) is 4.97. The van der Waals surface area contributed by atoms with Crippen LogP contribution in [0.3, 0.4) is 0 Å². The van der Waals surface area contributed by atoms with Gasteiger partial charge in [-0.1, -0.05) is 28.1 Å². The molecule has 0 aliphatic carbocycles. The molecule has 7 heteroatoms. The van der Waals surface area contributed by atoms with Crippen molar-refractivity contribution in [3.8, 4) is 11.5 Å². The summed E-state index contributed by atoms with van der Waals surface area (Å²) in [7, 11) is 0. The molecule has 0 amide bonds. The maximum Gasteiger partial charge on any atom is 0.297 e. The number of benzene rings is 2. The van der Waals surface area contributed by atoms with Crippen LogP contribution >= 0.6 is 15.9 Å². The van der Waals surface area contributed by atoms with Crippen LogP contribution < -0.4 is 15.0 Å². The monoisotopic (exact) mass is 398 g/mol. The molecule has 0 saturated carbocycles. The van der Waals surface area contributed by atoms with Gasteiger partial charge in [0.25, 0.3) is 5.56 Å². The van der Waals surface area contributed by atoms with Crippen molar-refractivity contribution in [2.24, 2.45) is 0 Å². The van der Waals surface area contributed by atoms with Crippen LogP contribution in [0.5, 0.6) is 11.5 Å². The number of fused-ring (bicyclic) bond motifs is 4. The smallest absolute Gasteiger partial charge is 0.297 e. The normalized spacial score (nSPS) is 13.0. The predicted octanol–water partition coefficient (Wildman–Crippen LogP) is 3.68. The predicted molar refractivity (Wildman–Crippen MR) is 95.1 cm³/mol. The number of halogens is 1. The Kier molecular flexibility index (Phi) is 3.11. The highest BCUT2D eigenvalue weighted by Crippen LogP contribution is 2.37. The van der Waals surface area contributed by atoms with E-state index in [0.717, 1.165) is 15.4 Å². The Morgan fingerprint density at radius 2 is 1.96 bits per heavy atom. The number of rotatable bonds is 2. The molecular weight excluding hydrogens is 388 g/mol. The Bertz CT molecular complexity index is 1200. The van der Waals surface area contributed by atoms with E-state index >= 15 is 0 Å². The number of hydrogen-bond donors (Lipinski definition) is 0. The number of furan rings is 1. The second-order valence-corrected chi connectivity index (χ2v) is 6.60. The standard InChI is InChI=1S/C18H11BrN2O4/c19-12-6-15-14(23-9-24-15)5-10(12)7-21-8-20-16-11-3-1-2-4-13(11)25-17(16)18(21)22/h1-6,8H,7,9H2. The van der Waals surface area contributed by atoms with Gasteiger partial charge in [0, 0.05) is 9.86 Å². The summed E-state index contributed by atoms with van der Waals surface area (Å²) in [5, 5.41) is 0.839. The number of para-hydroxylation sites is 1. The Balaban J connectivity index is 1.63. The molecule has 5 rings (SSSR count). The van der Waals surface area contributed by atoms with Crippen molar-refractivity contribution in [1.82, 2.24) is 9.55 Å². The molecule has 2 aromatic heterocycles. The lowest BCUT2D eigenvalue weighted by Crippen LogP contribution is -2.20. The van der Waals surface area contributed by atoms with E-state index in [1.54, 1.807) is 6.33 Å². The maximum absolute atomic E-state index is 12.8. The van der Waals surface area contributed by atoms with Crippen molar-refractivity contribution in [3.63, 3.8) is 0 Å². The third kappa shape index (κ3) is 2.23. The van der Waals surface area contributed by atoms with E-state index in [0.29, 0.717) is 29.1 Å². The van der Waals surface area contributed by atoms with Gasteiger partial charge in [0.2, 0.25) is 12.4 Å². The molecule has 1 aliphatic rings. The molecule has 1 aliphatic heterocycles. The maximum atomic E-state index is 12.8. The first-order valence-electron chi connectivity index (χ1n) is 7.65. The summed E-state index contributed by atoms with van der Waals surface area (Å²) in [4.78, 5) is 17.2. The fourth-order valence-corrected chi connectivity index (χ4v) is 3.44. The largest absolute Gasteiger partial charge is 0.454 e. The molecule has 2 aromatic carbocycles. The highest BCUT2D eigenvalue weighted by Gasteiger charge is 2.18. The molecular formula is C18H11BrN2O4. The summed E-state index contributed by atoms with van der Waals surface area (Å²) < 4.78 is 18.8. The van der Waals surface area contributed by atoms with Crippen LogP contribution in [-0.2, 0) is 6.54 Å². The molecule has 124 valence electrons. The van der Waals surface area contributed by atoms with Crippen molar-refractivity contribution >= 4 is 38.0 Å². The van der Waals surface area contributed by atoms with Gasteiger partial charge in [0.05, 0.1) is 12.9 Å². The second-order valence-electron chi connectivity index (χ2n) is 5.75. The van der Waals surface area contributed by atoms with Gasteiger partial charge in [0.15, 0.2) is 11.5 Å². The van der Waals surface area contributed by atoms with Gasteiger partial charge in [-0.05, 0) is 29.8 Å². The van der Waals surface area contributed by atoms with Crippen LogP contribution in [0.1, 0.15) is 5.56 Å². The molecule has 0 N–H and O–H groups in total. The Hall–Kier alpha value is -2.80. The van der Waals surface area contributed by atoms with Crippen molar-refractivity contribution in [2.45, 2.75) is 6.54 Å². The van der Waals surface area contributed by atoms with E-state index in [1.165, 1.54) is 4.57 Å². The van der Waals surface area contributed by atoms with Gasteiger partial charge < -0.3 is 13.9 Å². The molecule has 0 unspecified atom stereocenters. The summed E-state index contributed by atoms with van der Waals surface area (Å²) in [5.41, 5.74) is 2.18. The van der Waals surface area contributed by atoms with Crippen LogP contribution in [0.25, 0.3) is 22.1 Å². The Labute approximate surface area is 149 Å². The molecule has 0 atom stereocenters. The summed E-state index contributed by atoms with van der Waals surface area (Å²) in [6, 6.07) is 11.2. The van der Waals surface area contributed by atoms with E-state index in [-0.39, 0.29) is 17.9 Å². The zero-order chi connectivity index (χ0) is 17.0. The van der Waals surface area contributed by atoms with Gasteiger partial charge in [-0.3, -0.25) is 9.36 Å². The first-order chi connectivity index (χ1) is 12.2. The van der Waals surface area contributed by atoms with E-state index in [4.69, 9.17) is 13.9 Å². The average Bonchev–Trinajstić information content (AvgIpc) is 3.21. The van der Waals surface area contributed by atoms with Gasteiger partial charge in [-0.2, -0.15) is 0 Å². The molecule has 0 bridgehead atoms. The van der Waals surface area contributed by atoms with Crippen LogP contribution in [0.15, 0.2) is 56.4 Å². The number of nitrogens with zero attached hydrogens (tertiary/aromatic N) is 2. The minimum Gasteiger partial charge on any atom is -0.454 e. The van der Waals surface area contributed by atoms with Crippen molar-refractivity contribution in [3.05, 3.63) is 63.1 Å². The molecule has 0 radical (unpaired) electrons. The van der Waals surface area contributed by atoms with E-state index in [1.807, 2.05) is 36.4 Å². The number of hydrogen-bond acceptors (Lipinski definition) is 5. The lowest BCUT2D eigenvalue weighted by atomic mass is 10.2. The quantitative estimate of drug-likeness (QED) is 0.515. The van der Waals surface area contributed by atoms with Crippen molar-refractivity contribution < 1.29 is 13.9 Å². The Morgan fingerprint density at radius 1 is 1.16 bits per heavy atom. The SMILES string of the molecule is O=c1c2oc3ccccc3c2ncn1Cc1cc2c(cc1Br)OCO2. The summed E-state index contributed by atoms with van der Waals surface area (Å²) in [5.74, 6) is 1.36. The van der Waals surface area contributed by atoms with E-state index < -0.39 is 0 Å². The minimum absolute atomic E-state index is 0.206. The summed E-state index contributed by atoms with van der Waals surface area (Å²) in [6.07, 6.45) is 1.55. The zero-order valence-corrected chi connectivity index (χ0v) is 14.4. The molecule has 6 nitrogen and oxygen atoms in total. The highest BCUT2D eigenvalue weighted by molar-refractivity contribution is 9.10. The Morgan fingerprint density at radius 3 is 2.84 bits per heavy atom. The fraction of sp³-hybridized carbons (Fsp3) is 0.111. The van der Waals surface area contributed by atoms with Gasteiger partial charge >= 0.3 is 0 Å². The fourth-order valence-electron chi connectivity index (χ4n) is 2.99.